The molecule has 0 bridgehead atoms. The van der Waals surface area contributed by atoms with Crippen molar-refractivity contribution in [3.05, 3.63) is 20.2 Å². The van der Waals surface area contributed by atoms with Crippen LogP contribution >= 0.6 is 0 Å². The standard InChI is InChI=1S/C4H8N2O9S2.Na/c7-5(8)13-3-4(14-6(9)10)1-2-17(12,16)15-11;/h4,11H,1-3H2;/q;+1/p-1. The summed E-state index contributed by atoms with van der Waals surface area (Å²) < 4.78 is 14.2. The molecule has 0 rings (SSSR count). The predicted molar refractivity (Wildman–Crippen MR) is 50.9 cm³/mol. The summed E-state index contributed by atoms with van der Waals surface area (Å²) in [5.41, 5.74) is 0. The zero-order valence-electron chi connectivity index (χ0n) is 9.08. The topological polar surface area (TPSA) is 154 Å². The van der Waals surface area contributed by atoms with Gasteiger partial charge in [-0.2, -0.15) is 0 Å². The molecule has 2 unspecified atom stereocenters. The third kappa shape index (κ3) is 10.8. The van der Waals surface area contributed by atoms with Crippen molar-refractivity contribution in [2.45, 2.75) is 12.5 Å². The molecule has 0 fully saturated rings. The molecule has 0 spiro atoms. The Kier molecular flexibility index (Phi) is 10.7. The van der Waals surface area contributed by atoms with E-state index in [-0.39, 0.29) is 36.0 Å². The minimum absolute atomic E-state index is 0. The molecule has 0 aromatic carbocycles. The first-order valence-electron chi connectivity index (χ1n) is 3.89. The molecule has 0 aliphatic carbocycles. The maximum absolute atomic E-state index is 11.0. The van der Waals surface area contributed by atoms with Crippen LogP contribution in [0.15, 0.2) is 0 Å². The van der Waals surface area contributed by atoms with E-state index >= 15 is 0 Å². The normalized spacial score (nSPS) is 14.7. The second-order valence-corrected chi connectivity index (χ2v) is 5.77. The van der Waals surface area contributed by atoms with Gasteiger partial charge in [0.05, 0.1) is 5.75 Å². The largest absolute Gasteiger partial charge is 1.00 e. The Bertz CT molecular complexity index is 373. The molecule has 0 N–H and O–H groups in total. The van der Waals surface area contributed by atoms with Crippen LogP contribution < -0.4 is 34.8 Å². The SMILES string of the molecule is O=[N+]([O-])OCC(CCS(=O)(=S)O[O-])O[N+](=O)[O-].[Na+]. The van der Waals surface area contributed by atoms with Gasteiger partial charge in [-0.1, -0.05) is 0 Å². The second kappa shape index (κ2) is 9.60. The van der Waals surface area contributed by atoms with Gasteiger partial charge in [-0.25, -0.2) is 4.21 Å². The van der Waals surface area contributed by atoms with Crippen LogP contribution in [0.4, 0.5) is 0 Å². The molecule has 0 radical (unpaired) electrons. The molecule has 18 heavy (non-hydrogen) atoms. The van der Waals surface area contributed by atoms with E-state index in [9.17, 15) is 29.7 Å². The Morgan fingerprint density at radius 1 is 1.28 bits per heavy atom. The first-order valence-corrected chi connectivity index (χ1v) is 6.47. The zero-order valence-corrected chi connectivity index (χ0v) is 12.7. The van der Waals surface area contributed by atoms with Crippen LogP contribution in [0, 0.1) is 20.2 Å². The van der Waals surface area contributed by atoms with Crippen LogP contribution in [-0.2, 0) is 34.0 Å². The van der Waals surface area contributed by atoms with Gasteiger partial charge >= 0.3 is 29.6 Å². The zero-order chi connectivity index (χ0) is 13.5. The molecule has 0 heterocycles. The van der Waals surface area contributed by atoms with Crippen molar-refractivity contribution in [3.8, 4) is 0 Å². The van der Waals surface area contributed by atoms with Crippen LogP contribution in [-0.4, -0.2) is 32.8 Å². The smallest absolute Gasteiger partial charge is 0.709 e. The quantitative estimate of drug-likeness (QED) is 0.175. The van der Waals surface area contributed by atoms with Crippen molar-refractivity contribution in [3.63, 3.8) is 0 Å². The third-order valence-electron chi connectivity index (χ3n) is 1.39. The van der Waals surface area contributed by atoms with Crippen molar-refractivity contribution in [2.24, 2.45) is 0 Å². The number of nitrogens with zero attached hydrogens (tertiary/aromatic N) is 2. The molecule has 11 nitrogen and oxygen atoms in total. The van der Waals surface area contributed by atoms with Crippen molar-refractivity contribution in [1.82, 2.24) is 0 Å². The molecular weight excluding hydrogens is 307 g/mol. The number of hydrogen-bond donors (Lipinski definition) is 0. The summed E-state index contributed by atoms with van der Waals surface area (Å²) in [4.78, 5) is 27.7. The molecule has 0 saturated carbocycles. The Hall–Kier alpha value is -0.310. The predicted octanol–water partition coefficient (Wildman–Crippen LogP) is -4.88. The molecular formula is C4H7N2NaO9S2. The Morgan fingerprint density at radius 2 is 1.83 bits per heavy atom. The number of rotatable bonds is 9. The Morgan fingerprint density at radius 3 is 2.22 bits per heavy atom. The van der Waals surface area contributed by atoms with E-state index in [1.807, 2.05) is 0 Å². The van der Waals surface area contributed by atoms with Gasteiger partial charge < -0.3 is 19.3 Å². The van der Waals surface area contributed by atoms with Gasteiger partial charge in [0, 0.05) is 11.2 Å². The van der Waals surface area contributed by atoms with E-state index in [1.165, 1.54) is 0 Å². The molecule has 0 aliphatic heterocycles. The van der Waals surface area contributed by atoms with Crippen molar-refractivity contribution < 1.29 is 63.2 Å². The van der Waals surface area contributed by atoms with E-state index in [1.54, 1.807) is 0 Å². The summed E-state index contributed by atoms with van der Waals surface area (Å²) in [5.74, 6) is -0.522. The summed E-state index contributed by atoms with van der Waals surface area (Å²) in [6, 6.07) is 0. The van der Waals surface area contributed by atoms with E-state index in [2.05, 4.69) is 25.2 Å². The minimum Gasteiger partial charge on any atom is -0.709 e. The Balaban J connectivity index is 0. The van der Waals surface area contributed by atoms with Crippen molar-refractivity contribution in [1.29, 1.82) is 0 Å². The van der Waals surface area contributed by atoms with E-state index < -0.39 is 37.4 Å². The van der Waals surface area contributed by atoms with Gasteiger partial charge in [-0.3, -0.25) is 0 Å². The summed E-state index contributed by atoms with van der Waals surface area (Å²) >= 11 is 4.21. The van der Waals surface area contributed by atoms with Crippen LogP contribution in [0.25, 0.3) is 0 Å². The fourth-order valence-corrected chi connectivity index (χ4v) is 1.65. The molecule has 0 aromatic rings. The van der Waals surface area contributed by atoms with Gasteiger partial charge in [0.15, 0.2) is 0 Å². The van der Waals surface area contributed by atoms with Crippen LogP contribution in [0.5, 0.6) is 0 Å². The maximum atomic E-state index is 11.0. The van der Waals surface area contributed by atoms with Gasteiger partial charge in [-0.05, 0) is 6.42 Å². The molecule has 14 heteroatoms. The summed E-state index contributed by atoms with van der Waals surface area (Å²) in [5, 5.41) is 27.4. The van der Waals surface area contributed by atoms with Gasteiger partial charge in [-0.15, -0.1) is 20.2 Å². The number of hydrogen-bond acceptors (Lipinski definition) is 10. The van der Waals surface area contributed by atoms with Crippen molar-refractivity contribution >= 4 is 20.0 Å². The first-order chi connectivity index (χ1) is 7.76. The van der Waals surface area contributed by atoms with Crippen LogP contribution in [0.3, 0.4) is 0 Å². The van der Waals surface area contributed by atoms with Crippen LogP contribution in [0.2, 0.25) is 0 Å². The van der Waals surface area contributed by atoms with E-state index in [0.717, 1.165) is 0 Å². The average Bonchev–Trinajstić information content (AvgIpc) is 2.21. The average molecular weight is 314 g/mol. The molecule has 0 saturated heterocycles. The van der Waals surface area contributed by atoms with Crippen LogP contribution in [0.1, 0.15) is 6.42 Å². The van der Waals surface area contributed by atoms with Gasteiger partial charge in [0.2, 0.25) is 0 Å². The molecule has 0 aromatic heterocycles. The van der Waals surface area contributed by atoms with E-state index in [0.29, 0.717) is 0 Å². The molecule has 0 amide bonds. The van der Waals surface area contributed by atoms with Crippen molar-refractivity contribution in [2.75, 3.05) is 12.4 Å². The molecule has 2 atom stereocenters. The summed E-state index contributed by atoms with van der Waals surface area (Å²) in [7, 11) is -3.54. The fourth-order valence-electron chi connectivity index (χ4n) is 0.742. The molecule has 0 aliphatic rings. The second-order valence-electron chi connectivity index (χ2n) is 2.59. The Labute approximate surface area is 128 Å². The van der Waals surface area contributed by atoms with E-state index in [4.69, 9.17) is 0 Å². The summed E-state index contributed by atoms with van der Waals surface area (Å²) in [6.45, 7) is -0.752. The third-order valence-corrected chi connectivity index (χ3v) is 3.00. The first kappa shape index (κ1) is 20.0. The monoisotopic (exact) mass is 314 g/mol. The molecule has 100 valence electrons. The fraction of sp³-hybridized carbons (Fsp3) is 1.00. The van der Waals surface area contributed by atoms with Gasteiger partial charge in [0.25, 0.3) is 10.2 Å². The summed E-state index contributed by atoms with van der Waals surface area (Å²) in [6.07, 6.45) is -1.73. The maximum Gasteiger partial charge on any atom is 1.00 e. The van der Waals surface area contributed by atoms with Gasteiger partial charge in [0.1, 0.15) is 21.5 Å². The minimum atomic E-state index is -3.54.